The van der Waals surface area contributed by atoms with Gasteiger partial charge in [0.05, 0.1) is 0 Å². The second-order valence-corrected chi connectivity index (χ2v) is 5.00. The van der Waals surface area contributed by atoms with Gasteiger partial charge in [0.25, 0.3) is 0 Å². The van der Waals surface area contributed by atoms with Gasteiger partial charge >= 0.3 is 0 Å². The fourth-order valence-corrected chi connectivity index (χ4v) is 1.90. The van der Waals surface area contributed by atoms with Crippen LogP contribution in [-0.4, -0.2) is 6.29 Å². The molecule has 0 fully saturated rings. The van der Waals surface area contributed by atoms with Crippen LogP contribution in [0.2, 0.25) is 0 Å². The van der Waals surface area contributed by atoms with E-state index >= 15 is 0 Å². The van der Waals surface area contributed by atoms with E-state index in [1.165, 1.54) is 38.5 Å². The third-order valence-corrected chi connectivity index (χ3v) is 3.11. The maximum atomic E-state index is 10.1. The van der Waals surface area contributed by atoms with E-state index in [2.05, 4.69) is 30.9 Å². The molecule has 1 heteroatoms. The summed E-state index contributed by atoms with van der Waals surface area (Å²) in [5.74, 6) is 6.44. The molecule has 19 heavy (non-hydrogen) atoms. The minimum Gasteiger partial charge on any atom is -0.303 e. The summed E-state index contributed by atoms with van der Waals surface area (Å²) in [6.45, 7) is 2.25. The van der Waals surface area contributed by atoms with Gasteiger partial charge in [-0.25, -0.2) is 0 Å². The minimum atomic E-state index is 0.700. The van der Waals surface area contributed by atoms with E-state index in [0.717, 1.165) is 38.4 Å². The molecule has 0 saturated carbocycles. The van der Waals surface area contributed by atoms with Crippen molar-refractivity contribution in [1.29, 1.82) is 0 Å². The highest BCUT2D eigenvalue weighted by Crippen LogP contribution is 2.06. The molecule has 0 aromatic heterocycles. The molecule has 0 bridgehead atoms. The summed E-state index contributed by atoms with van der Waals surface area (Å²) >= 11 is 0. The molecule has 1 nitrogen and oxygen atoms in total. The van der Waals surface area contributed by atoms with Gasteiger partial charge in [-0.15, -0.1) is 5.92 Å². The number of rotatable bonds is 12. The van der Waals surface area contributed by atoms with Crippen molar-refractivity contribution in [3.05, 3.63) is 12.2 Å². The second kappa shape index (κ2) is 17.0. The summed E-state index contributed by atoms with van der Waals surface area (Å²) in [5, 5.41) is 0. The maximum absolute atomic E-state index is 10.1. The lowest BCUT2D eigenvalue weighted by Gasteiger charge is -1.96. The summed E-state index contributed by atoms with van der Waals surface area (Å²) in [6.07, 6.45) is 19.2. The normalized spacial score (nSPS) is 10.4. The first-order chi connectivity index (χ1) is 9.41. The van der Waals surface area contributed by atoms with Crippen molar-refractivity contribution >= 4 is 6.29 Å². The van der Waals surface area contributed by atoms with Crippen molar-refractivity contribution in [3.63, 3.8) is 0 Å². The molecule has 0 atom stereocenters. The van der Waals surface area contributed by atoms with E-state index in [4.69, 9.17) is 0 Å². The van der Waals surface area contributed by atoms with E-state index in [9.17, 15) is 4.79 Å². The van der Waals surface area contributed by atoms with Crippen molar-refractivity contribution in [2.24, 2.45) is 0 Å². The van der Waals surface area contributed by atoms with Crippen LogP contribution in [-0.2, 0) is 4.79 Å². The molecular formula is C18H30O. The molecule has 0 spiro atoms. The van der Waals surface area contributed by atoms with Crippen LogP contribution in [0, 0.1) is 11.8 Å². The topological polar surface area (TPSA) is 17.1 Å². The predicted octanol–water partition coefficient (Wildman–Crippen LogP) is 5.45. The van der Waals surface area contributed by atoms with Gasteiger partial charge in [-0.05, 0) is 25.7 Å². The van der Waals surface area contributed by atoms with Gasteiger partial charge in [0.15, 0.2) is 0 Å². The molecule has 0 aliphatic heterocycles. The Morgan fingerprint density at radius 1 is 0.789 bits per heavy atom. The lowest BCUT2D eigenvalue weighted by Crippen LogP contribution is -1.77. The van der Waals surface area contributed by atoms with Crippen molar-refractivity contribution in [2.75, 3.05) is 0 Å². The fraction of sp³-hybridized carbons (Fsp3) is 0.722. The SMILES string of the molecule is CCCCCCCCC#CCC=CCCCCC=O. The van der Waals surface area contributed by atoms with Gasteiger partial charge < -0.3 is 4.79 Å². The Morgan fingerprint density at radius 2 is 1.53 bits per heavy atom. The van der Waals surface area contributed by atoms with E-state index < -0.39 is 0 Å². The molecule has 0 saturated heterocycles. The van der Waals surface area contributed by atoms with Crippen molar-refractivity contribution in [2.45, 2.75) is 84.0 Å². The van der Waals surface area contributed by atoms with Gasteiger partial charge in [0.1, 0.15) is 6.29 Å². The first kappa shape index (κ1) is 18.0. The Hall–Kier alpha value is -1.03. The summed E-state index contributed by atoms with van der Waals surface area (Å²) in [5.41, 5.74) is 0. The van der Waals surface area contributed by atoms with Crippen LogP contribution < -0.4 is 0 Å². The lowest BCUT2D eigenvalue weighted by atomic mass is 10.1. The summed E-state index contributed by atoms with van der Waals surface area (Å²) in [6, 6.07) is 0. The number of carbonyl (C=O) groups is 1. The standard InChI is InChI=1S/C18H30O/c1-2-3-4-5-6-7-8-9-10-11-12-13-14-15-16-17-18-19/h12-13,18H,2-8,11,14-17H2,1H3. The van der Waals surface area contributed by atoms with Crippen LogP contribution in [0.4, 0.5) is 0 Å². The number of hydrogen-bond donors (Lipinski definition) is 0. The fourth-order valence-electron chi connectivity index (χ4n) is 1.90. The van der Waals surface area contributed by atoms with Crippen LogP contribution in [0.1, 0.15) is 84.0 Å². The number of hydrogen-bond acceptors (Lipinski definition) is 1. The van der Waals surface area contributed by atoms with Crippen molar-refractivity contribution in [1.82, 2.24) is 0 Å². The Morgan fingerprint density at radius 3 is 2.32 bits per heavy atom. The monoisotopic (exact) mass is 262 g/mol. The van der Waals surface area contributed by atoms with Gasteiger partial charge in [-0.3, -0.25) is 0 Å². The van der Waals surface area contributed by atoms with Crippen molar-refractivity contribution < 1.29 is 4.79 Å². The molecule has 0 heterocycles. The molecule has 0 aromatic carbocycles. The molecule has 0 aliphatic rings. The summed E-state index contributed by atoms with van der Waals surface area (Å²) in [4.78, 5) is 10.1. The minimum absolute atomic E-state index is 0.700. The molecule has 0 aliphatic carbocycles. The Labute approximate surface area is 119 Å². The van der Waals surface area contributed by atoms with Crippen LogP contribution >= 0.6 is 0 Å². The predicted molar refractivity (Wildman–Crippen MR) is 84.1 cm³/mol. The summed E-state index contributed by atoms with van der Waals surface area (Å²) in [7, 11) is 0. The van der Waals surface area contributed by atoms with Crippen LogP contribution in [0.15, 0.2) is 12.2 Å². The molecule has 0 N–H and O–H groups in total. The van der Waals surface area contributed by atoms with Crippen LogP contribution in [0.25, 0.3) is 0 Å². The smallest absolute Gasteiger partial charge is 0.119 e. The number of aldehydes is 1. The lowest BCUT2D eigenvalue weighted by molar-refractivity contribution is -0.107. The Balaban J connectivity index is 3.21. The average molecular weight is 262 g/mol. The highest BCUT2D eigenvalue weighted by atomic mass is 16.1. The average Bonchev–Trinajstić information content (AvgIpc) is 2.43. The molecule has 0 radical (unpaired) electrons. The zero-order valence-electron chi connectivity index (χ0n) is 12.6. The quantitative estimate of drug-likeness (QED) is 0.198. The molecule has 0 rings (SSSR count). The Kier molecular flexibility index (Phi) is 16.1. The number of unbranched alkanes of at least 4 members (excludes halogenated alkanes) is 9. The third kappa shape index (κ3) is 17.0. The van der Waals surface area contributed by atoms with E-state index in [1.54, 1.807) is 0 Å². The zero-order chi connectivity index (χ0) is 14.0. The highest BCUT2D eigenvalue weighted by molar-refractivity contribution is 5.48. The first-order valence-electron chi connectivity index (χ1n) is 7.96. The molecule has 108 valence electrons. The van der Waals surface area contributed by atoms with Crippen molar-refractivity contribution in [3.8, 4) is 11.8 Å². The first-order valence-corrected chi connectivity index (χ1v) is 7.96. The zero-order valence-corrected chi connectivity index (χ0v) is 12.6. The van der Waals surface area contributed by atoms with Gasteiger partial charge in [-0.2, -0.15) is 0 Å². The van der Waals surface area contributed by atoms with Crippen LogP contribution in [0.5, 0.6) is 0 Å². The number of carbonyl (C=O) groups excluding carboxylic acids is 1. The van der Waals surface area contributed by atoms with E-state index in [0.29, 0.717) is 6.42 Å². The van der Waals surface area contributed by atoms with Gasteiger partial charge in [-0.1, -0.05) is 57.1 Å². The second-order valence-electron chi connectivity index (χ2n) is 5.00. The Bertz CT molecular complexity index is 267. The molecule has 0 amide bonds. The maximum Gasteiger partial charge on any atom is 0.119 e. The summed E-state index contributed by atoms with van der Waals surface area (Å²) < 4.78 is 0. The molecule has 0 unspecified atom stereocenters. The van der Waals surface area contributed by atoms with Crippen LogP contribution in [0.3, 0.4) is 0 Å². The molecular weight excluding hydrogens is 232 g/mol. The van der Waals surface area contributed by atoms with E-state index in [-0.39, 0.29) is 0 Å². The highest BCUT2D eigenvalue weighted by Gasteiger charge is 1.87. The third-order valence-electron chi connectivity index (χ3n) is 3.11. The molecule has 0 aromatic rings. The van der Waals surface area contributed by atoms with Gasteiger partial charge in [0.2, 0.25) is 0 Å². The largest absolute Gasteiger partial charge is 0.303 e. The number of allylic oxidation sites excluding steroid dienone is 2. The van der Waals surface area contributed by atoms with Gasteiger partial charge in [0, 0.05) is 19.3 Å². The van der Waals surface area contributed by atoms with E-state index in [1.807, 2.05) is 0 Å².